The van der Waals surface area contributed by atoms with E-state index >= 15 is 0 Å². The molecule has 2 heterocycles. The summed E-state index contributed by atoms with van der Waals surface area (Å²) in [7, 11) is -1.76. The van der Waals surface area contributed by atoms with Crippen LogP contribution < -0.4 is 5.32 Å². The first kappa shape index (κ1) is 17.5. The van der Waals surface area contributed by atoms with Gasteiger partial charge in [-0.05, 0) is 37.7 Å². The quantitative estimate of drug-likeness (QED) is 0.901. The van der Waals surface area contributed by atoms with Crippen molar-refractivity contribution in [3.05, 3.63) is 18.0 Å². The molecule has 0 bridgehead atoms. The van der Waals surface area contributed by atoms with Crippen molar-refractivity contribution in [2.24, 2.45) is 13.0 Å². The number of carbonyl (C=O) groups is 1. The topological polar surface area (TPSA) is 71.4 Å². The highest BCUT2D eigenvalue weighted by atomic mass is 32.2. The zero-order valence-electron chi connectivity index (χ0n) is 14.5. The molecule has 1 aromatic heterocycles. The highest BCUT2D eigenvalue weighted by Crippen LogP contribution is 2.25. The Balaban J connectivity index is 1.77. The van der Waals surface area contributed by atoms with Gasteiger partial charge in [0.1, 0.15) is 10.6 Å². The Hall–Kier alpha value is -1.34. The minimum absolute atomic E-state index is 0.180. The minimum Gasteiger partial charge on any atom is -0.348 e. The molecular formula is C17H27N3O3S. The van der Waals surface area contributed by atoms with Crippen molar-refractivity contribution >= 4 is 15.9 Å². The van der Waals surface area contributed by atoms with E-state index in [0.717, 1.165) is 32.1 Å². The van der Waals surface area contributed by atoms with E-state index in [4.69, 9.17) is 0 Å². The van der Waals surface area contributed by atoms with Crippen molar-refractivity contribution in [3.63, 3.8) is 0 Å². The summed E-state index contributed by atoms with van der Waals surface area (Å²) in [4.78, 5) is 12.8. The molecule has 0 radical (unpaired) electrons. The van der Waals surface area contributed by atoms with Crippen LogP contribution in [-0.2, 0) is 17.1 Å². The fraction of sp³-hybridized carbons (Fsp3) is 0.706. The summed E-state index contributed by atoms with van der Waals surface area (Å²) >= 11 is 0. The first-order valence-electron chi connectivity index (χ1n) is 8.87. The van der Waals surface area contributed by atoms with Crippen molar-refractivity contribution in [2.45, 2.75) is 56.4 Å². The molecule has 7 heteroatoms. The van der Waals surface area contributed by atoms with E-state index < -0.39 is 10.0 Å². The molecule has 1 aliphatic carbocycles. The molecular weight excluding hydrogens is 326 g/mol. The van der Waals surface area contributed by atoms with Crippen LogP contribution in [0.15, 0.2) is 17.2 Å². The highest BCUT2D eigenvalue weighted by Gasteiger charge is 2.30. The molecule has 0 aromatic carbocycles. The van der Waals surface area contributed by atoms with E-state index in [1.807, 2.05) is 0 Å². The average Bonchev–Trinajstić information content (AvgIpc) is 3.19. The Bertz CT molecular complexity index is 705. The molecule has 2 fully saturated rings. The Labute approximate surface area is 144 Å². The van der Waals surface area contributed by atoms with Crippen LogP contribution in [0, 0.1) is 5.92 Å². The fourth-order valence-corrected chi connectivity index (χ4v) is 5.34. The van der Waals surface area contributed by atoms with Gasteiger partial charge in [-0.15, -0.1) is 0 Å². The number of sulfonamides is 1. The van der Waals surface area contributed by atoms with Crippen LogP contribution in [0.4, 0.5) is 0 Å². The van der Waals surface area contributed by atoms with Crippen molar-refractivity contribution in [3.8, 4) is 0 Å². The van der Waals surface area contributed by atoms with Gasteiger partial charge in [-0.2, -0.15) is 4.31 Å². The van der Waals surface area contributed by atoms with Gasteiger partial charge in [0.15, 0.2) is 0 Å². The van der Waals surface area contributed by atoms with Crippen LogP contribution in [0.1, 0.15) is 55.9 Å². The van der Waals surface area contributed by atoms with Gasteiger partial charge in [-0.1, -0.05) is 19.8 Å². The maximum absolute atomic E-state index is 12.6. The molecule has 2 atom stereocenters. The second kappa shape index (κ2) is 6.88. The monoisotopic (exact) mass is 353 g/mol. The van der Waals surface area contributed by atoms with Gasteiger partial charge >= 0.3 is 0 Å². The van der Waals surface area contributed by atoms with E-state index in [-0.39, 0.29) is 16.8 Å². The van der Waals surface area contributed by atoms with Crippen molar-refractivity contribution in [1.29, 1.82) is 0 Å². The maximum Gasteiger partial charge on any atom is 0.268 e. The molecule has 3 rings (SSSR count). The molecule has 1 amide bonds. The Kier molecular flexibility index (Phi) is 5.01. The van der Waals surface area contributed by atoms with Crippen LogP contribution in [0.2, 0.25) is 0 Å². The second-order valence-corrected chi connectivity index (χ2v) is 9.06. The van der Waals surface area contributed by atoms with Gasteiger partial charge in [-0.3, -0.25) is 4.79 Å². The van der Waals surface area contributed by atoms with E-state index in [2.05, 4.69) is 12.2 Å². The summed E-state index contributed by atoms with van der Waals surface area (Å²) in [5, 5.41) is 3.09. The lowest BCUT2D eigenvalue weighted by Crippen LogP contribution is -2.41. The highest BCUT2D eigenvalue weighted by molar-refractivity contribution is 7.89. The molecule has 1 aliphatic heterocycles. The van der Waals surface area contributed by atoms with Gasteiger partial charge in [0, 0.05) is 32.4 Å². The summed E-state index contributed by atoms with van der Waals surface area (Å²) in [6.07, 6.45) is 7.83. The Morgan fingerprint density at radius 2 is 1.83 bits per heavy atom. The third kappa shape index (κ3) is 3.37. The first-order chi connectivity index (χ1) is 11.4. The summed E-state index contributed by atoms with van der Waals surface area (Å²) < 4.78 is 28.4. The van der Waals surface area contributed by atoms with Crippen LogP contribution in [0.3, 0.4) is 0 Å². The lowest BCUT2D eigenvalue weighted by molar-refractivity contribution is 0.0902. The first-order valence-corrected chi connectivity index (χ1v) is 10.3. The average molecular weight is 353 g/mol. The van der Waals surface area contributed by atoms with Gasteiger partial charge in [0.2, 0.25) is 10.0 Å². The van der Waals surface area contributed by atoms with Crippen LogP contribution in [-0.4, -0.2) is 42.3 Å². The molecule has 6 nitrogen and oxygen atoms in total. The number of nitrogens with one attached hydrogen (secondary N) is 1. The van der Waals surface area contributed by atoms with Gasteiger partial charge in [-0.25, -0.2) is 8.42 Å². The molecule has 24 heavy (non-hydrogen) atoms. The number of aromatic nitrogens is 1. The molecule has 134 valence electrons. The molecule has 1 saturated carbocycles. The van der Waals surface area contributed by atoms with Crippen molar-refractivity contribution in [1.82, 2.24) is 14.2 Å². The second-order valence-electron chi connectivity index (χ2n) is 7.12. The van der Waals surface area contributed by atoms with Gasteiger partial charge in [0.05, 0.1) is 0 Å². The number of rotatable bonds is 4. The lowest BCUT2D eigenvalue weighted by atomic mass is 9.86. The number of amides is 1. The largest absolute Gasteiger partial charge is 0.348 e. The van der Waals surface area contributed by atoms with Gasteiger partial charge < -0.3 is 9.88 Å². The van der Waals surface area contributed by atoms with Crippen LogP contribution >= 0.6 is 0 Å². The van der Waals surface area contributed by atoms with Crippen molar-refractivity contribution in [2.75, 3.05) is 13.1 Å². The summed E-state index contributed by atoms with van der Waals surface area (Å²) in [6.45, 7) is 3.30. The van der Waals surface area contributed by atoms with Gasteiger partial charge in [0.25, 0.3) is 5.91 Å². The summed E-state index contributed by atoms with van der Waals surface area (Å²) in [6, 6.07) is 1.69. The van der Waals surface area contributed by atoms with E-state index in [1.165, 1.54) is 16.8 Å². The zero-order chi connectivity index (χ0) is 17.3. The van der Waals surface area contributed by atoms with Crippen LogP contribution in [0.5, 0.6) is 0 Å². The van der Waals surface area contributed by atoms with Crippen molar-refractivity contribution < 1.29 is 13.2 Å². The third-order valence-corrected chi connectivity index (χ3v) is 7.21. The zero-order valence-corrected chi connectivity index (χ0v) is 15.3. The predicted octanol–water partition coefficient (Wildman–Crippen LogP) is 2.12. The molecule has 0 unspecified atom stereocenters. The molecule has 2 aliphatic rings. The number of carbonyl (C=O) groups excluding carboxylic acids is 1. The SMILES string of the molecule is C[C@@H]1CCCC[C@@H]1NC(=O)c1cc(S(=O)(=O)N2CCCC2)cn1C. The van der Waals surface area contributed by atoms with E-state index in [9.17, 15) is 13.2 Å². The lowest BCUT2D eigenvalue weighted by Gasteiger charge is -2.29. The molecule has 0 spiro atoms. The van der Waals surface area contributed by atoms with E-state index in [0.29, 0.717) is 24.7 Å². The number of hydrogen-bond acceptors (Lipinski definition) is 3. The normalized spacial score (nSPS) is 25.8. The number of aryl methyl sites for hydroxylation is 1. The molecule has 1 aromatic rings. The number of hydrogen-bond donors (Lipinski definition) is 1. The standard InChI is InChI=1S/C17H27N3O3S/c1-13-7-3-4-8-15(13)18-17(21)16-11-14(12-19(16)2)24(22,23)20-9-5-6-10-20/h11-13,15H,3-10H2,1-2H3,(H,18,21)/t13-,15+/m1/s1. The predicted molar refractivity (Wildman–Crippen MR) is 92.3 cm³/mol. The Morgan fingerprint density at radius 1 is 1.17 bits per heavy atom. The van der Waals surface area contributed by atoms with Crippen LogP contribution in [0.25, 0.3) is 0 Å². The maximum atomic E-state index is 12.6. The van der Waals surface area contributed by atoms with E-state index in [1.54, 1.807) is 17.8 Å². The summed E-state index contributed by atoms with van der Waals surface area (Å²) in [5.41, 5.74) is 0.408. The summed E-state index contributed by atoms with van der Waals surface area (Å²) in [5.74, 6) is 0.287. The Morgan fingerprint density at radius 3 is 2.50 bits per heavy atom. The number of nitrogens with zero attached hydrogens (tertiary/aromatic N) is 2. The molecule has 1 saturated heterocycles. The third-order valence-electron chi connectivity index (χ3n) is 5.34. The smallest absolute Gasteiger partial charge is 0.268 e. The fourth-order valence-electron chi connectivity index (χ4n) is 3.75. The molecule has 1 N–H and O–H groups in total. The minimum atomic E-state index is -3.49.